The number of hydrogen-bond donors (Lipinski definition) is 1. The Morgan fingerprint density at radius 2 is 2.08 bits per heavy atom. The van der Waals surface area contributed by atoms with Crippen LogP contribution >= 0.6 is 0 Å². The van der Waals surface area contributed by atoms with Gasteiger partial charge in [-0.1, -0.05) is 0 Å². The van der Waals surface area contributed by atoms with Gasteiger partial charge in [-0.05, 0) is 13.2 Å². The summed E-state index contributed by atoms with van der Waals surface area (Å²) in [5.41, 5.74) is 0. The first kappa shape index (κ1) is 11.0. The fraction of sp³-hybridized carbons (Fsp3) is 0.714. The summed E-state index contributed by atoms with van der Waals surface area (Å²) in [5, 5.41) is 8.25. The Hall–Kier alpha value is -0.995. The lowest BCUT2D eigenvalue weighted by atomic mass is 10.0. The Bertz CT molecular complexity index is 169. The number of ether oxygens (including phenoxy) is 1. The zero-order valence-corrected chi connectivity index (χ0v) is 7.37. The van der Waals surface area contributed by atoms with Crippen molar-refractivity contribution in [1.82, 2.24) is 0 Å². The first-order valence-corrected chi connectivity index (χ1v) is 3.97. The number of hydrogen-bond acceptors (Lipinski definition) is 3. The fourth-order valence-electron chi connectivity index (χ4n) is 0.576. The van der Waals surface area contributed by atoms with Crippen LogP contribution < -0.4 is 0 Å². The standard InChI is InChI=1S/C7H13BO4/c1-5(4-8)12-7(11)3-2-6(9)10/h5H,2-4,8H2,1H3,(H,9,10). The molecule has 1 N–H and O–H groups in total. The minimum atomic E-state index is -0.976. The molecular weight excluding hydrogens is 159 g/mol. The van der Waals surface area contributed by atoms with Crippen molar-refractivity contribution in [3.05, 3.63) is 0 Å². The molecule has 0 aromatic carbocycles. The van der Waals surface area contributed by atoms with Gasteiger partial charge in [-0.15, -0.1) is 0 Å². The van der Waals surface area contributed by atoms with E-state index in [9.17, 15) is 9.59 Å². The summed E-state index contributed by atoms with van der Waals surface area (Å²) < 4.78 is 4.85. The third-order valence-corrected chi connectivity index (χ3v) is 1.45. The van der Waals surface area contributed by atoms with E-state index in [0.29, 0.717) is 0 Å². The Balaban J connectivity index is 3.53. The quantitative estimate of drug-likeness (QED) is 0.462. The van der Waals surface area contributed by atoms with E-state index in [2.05, 4.69) is 0 Å². The average molecular weight is 172 g/mol. The van der Waals surface area contributed by atoms with E-state index in [0.717, 1.165) is 6.32 Å². The second-order valence-corrected chi connectivity index (χ2v) is 2.60. The van der Waals surface area contributed by atoms with E-state index < -0.39 is 11.9 Å². The zero-order chi connectivity index (χ0) is 9.56. The smallest absolute Gasteiger partial charge is 0.306 e. The molecule has 0 saturated carbocycles. The van der Waals surface area contributed by atoms with Crippen molar-refractivity contribution in [2.24, 2.45) is 0 Å². The summed E-state index contributed by atoms with van der Waals surface area (Å²) >= 11 is 0. The number of rotatable bonds is 5. The summed E-state index contributed by atoms with van der Waals surface area (Å²) in [4.78, 5) is 20.9. The summed E-state index contributed by atoms with van der Waals surface area (Å²) in [6.45, 7) is 1.78. The van der Waals surface area contributed by atoms with E-state index in [1.165, 1.54) is 0 Å². The predicted molar refractivity (Wildman–Crippen MR) is 45.8 cm³/mol. The number of aliphatic carboxylic acids is 1. The van der Waals surface area contributed by atoms with E-state index >= 15 is 0 Å². The molecule has 0 spiro atoms. The second kappa shape index (κ2) is 5.63. The van der Waals surface area contributed by atoms with Gasteiger partial charge in [-0.25, -0.2) is 0 Å². The van der Waals surface area contributed by atoms with Gasteiger partial charge in [0.1, 0.15) is 7.85 Å². The Labute approximate surface area is 72.3 Å². The van der Waals surface area contributed by atoms with E-state index in [1.54, 1.807) is 6.92 Å². The van der Waals surface area contributed by atoms with Crippen molar-refractivity contribution in [3.63, 3.8) is 0 Å². The van der Waals surface area contributed by atoms with Gasteiger partial charge in [0.15, 0.2) is 0 Å². The van der Waals surface area contributed by atoms with Crippen LogP contribution in [0.15, 0.2) is 0 Å². The Morgan fingerprint density at radius 1 is 1.50 bits per heavy atom. The molecule has 0 aromatic rings. The van der Waals surface area contributed by atoms with Gasteiger partial charge in [0.05, 0.1) is 18.9 Å². The molecule has 4 nitrogen and oxygen atoms in total. The first-order chi connectivity index (χ1) is 5.56. The molecule has 0 radical (unpaired) electrons. The molecule has 5 heteroatoms. The van der Waals surface area contributed by atoms with Gasteiger partial charge >= 0.3 is 11.9 Å². The van der Waals surface area contributed by atoms with Crippen LogP contribution in [0.1, 0.15) is 19.8 Å². The van der Waals surface area contributed by atoms with E-state index in [-0.39, 0.29) is 18.9 Å². The van der Waals surface area contributed by atoms with Crippen molar-refractivity contribution < 1.29 is 19.4 Å². The predicted octanol–water partition coefficient (Wildman–Crippen LogP) is -0.166. The Kier molecular flexibility index (Phi) is 5.16. The van der Waals surface area contributed by atoms with Gasteiger partial charge < -0.3 is 9.84 Å². The van der Waals surface area contributed by atoms with Crippen LogP contribution in [0.4, 0.5) is 0 Å². The van der Waals surface area contributed by atoms with Crippen molar-refractivity contribution in [3.8, 4) is 0 Å². The lowest BCUT2D eigenvalue weighted by Crippen LogP contribution is -2.15. The van der Waals surface area contributed by atoms with Crippen LogP contribution in [0.2, 0.25) is 6.32 Å². The topological polar surface area (TPSA) is 63.6 Å². The second-order valence-electron chi connectivity index (χ2n) is 2.60. The van der Waals surface area contributed by atoms with Gasteiger partial charge in [-0.2, -0.15) is 0 Å². The van der Waals surface area contributed by atoms with Gasteiger partial charge in [0.25, 0.3) is 0 Å². The van der Waals surface area contributed by atoms with Gasteiger partial charge in [-0.3, -0.25) is 9.59 Å². The minimum absolute atomic E-state index is 0.0420. The van der Waals surface area contributed by atoms with E-state index in [1.807, 2.05) is 7.85 Å². The lowest BCUT2D eigenvalue weighted by Gasteiger charge is -2.09. The van der Waals surface area contributed by atoms with Crippen molar-refractivity contribution in [2.75, 3.05) is 0 Å². The molecule has 0 saturated heterocycles. The maximum atomic E-state index is 10.8. The fourth-order valence-corrected chi connectivity index (χ4v) is 0.576. The van der Waals surface area contributed by atoms with Crippen LogP contribution in [0, 0.1) is 0 Å². The van der Waals surface area contributed by atoms with Crippen LogP contribution in [-0.4, -0.2) is 31.0 Å². The molecule has 0 heterocycles. The lowest BCUT2D eigenvalue weighted by molar-refractivity contribution is -0.150. The third-order valence-electron chi connectivity index (χ3n) is 1.45. The number of carbonyl (C=O) groups is 2. The molecule has 0 aromatic heterocycles. The van der Waals surface area contributed by atoms with Crippen molar-refractivity contribution in [2.45, 2.75) is 32.2 Å². The van der Waals surface area contributed by atoms with Gasteiger partial charge in [0.2, 0.25) is 0 Å². The van der Waals surface area contributed by atoms with Crippen molar-refractivity contribution >= 4 is 19.8 Å². The van der Waals surface area contributed by atoms with Crippen LogP contribution in [0.3, 0.4) is 0 Å². The summed E-state index contributed by atoms with van der Waals surface area (Å²) in [7, 11) is 1.90. The van der Waals surface area contributed by atoms with Crippen LogP contribution in [0.25, 0.3) is 0 Å². The average Bonchev–Trinajstić information content (AvgIpc) is 2.00. The van der Waals surface area contributed by atoms with E-state index in [4.69, 9.17) is 9.84 Å². The molecule has 0 amide bonds. The minimum Gasteiger partial charge on any atom is -0.481 e. The molecule has 1 unspecified atom stereocenters. The Morgan fingerprint density at radius 3 is 2.50 bits per heavy atom. The highest BCUT2D eigenvalue weighted by Gasteiger charge is 2.09. The maximum absolute atomic E-state index is 10.8. The zero-order valence-electron chi connectivity index (χ0n) is 7.37. The summed E-state index contributed by atoms with van der Waals surface area (Å²) in [5.74, 6) is -1.41. The molecule has 0 aliphatic rings. The number of carboxylic acid groups (broad SMARTS) is 1. The highest BCUT2D eigenvalue weighted by atomic mass is 16.5. The molecule has 68 valence electrons. The highest BCUT2D eigenvalue weighted by molar-refractivity contribution is 6.08. The monoisotopic (exact) mass is 172 g/mol. The number of carboxylic acids is 1. The van der Waals surface area contributed by atoms with Crippen molar-refractivity contribution in [1.29, 1.82) is 0 Å². The highest BCUT2D eigenvalue weighted by Crippen LogP contribution is 1.99. The van der Waals surface area contributed by atoms with Crippen LogP contribution in [0.5, 0.6) is 0 Å². The number of esters is 1. The molecular formula is C7H13BO4. The number of carbonyl (C=O) groups excluding carboxylic acids is 1. The third kappa shape index (κ3) is 5.76. The first-order valence-electron chi connectivity index (χ1n) is 3.97. The molecule has 1 atom stereocenters. The molecule has 0 rings (SSSR count). The normalized spacial score (nSPS) is 12.1. The SMILES string of the molecule is BCC(C)OC(=O)CCC(=O)O. The van der Waals surface area contributed by atoms with Gasteiger partial charge in [0, 0.05) is 0 Å². The maximum Gasteiger partial charge on any atom is 0.306 e. The summed E-state index contributed by atoms with van der Waals surface area (Å²) in [6.07, 6.45) is 0.430. The molecule has 0 fully saturated rings. The molecule has 0 aliphatic carbocycles. The van der Waals surface area contributed by atoms with Crippen LogP contribution in [-0.2, 0) is 14.3 Å². The molecule has 12 heavy (non-hydrogen) atoms. The molecule has 0 bridgehead atoms. The molecule has 0 aliphatic heterocycles. The largest absolute Gasteiger partial charge is 0.481 e. The summed E-state index contributed by atoms with van der Waals surface area (Å²) in [6, 6.07) is 0.